The van der Waals surface area contributed by atoms with E-state index in [-0.39, 0.29) is 19.1 Å². The summed E-state index contributed by atoms with van der Waals surface area (Å²) in [6, 6.07) is 2.50. The Morgan fingerprint density at radius 3 is 2.49 bits per heavy atom. The lowest BCUT2D eigenvalue weighted by atomic mass is 9.76. The van der Waals surface area contributed by atoms with Crippen LogP contribution in [-0.2, 0) is 9.59 Å². The maximum absolute atomic E-state index is 13.9. The molecule has 3 N–H and O–H groups in total. The summed E-state index contributed by atoms with van der Waals surface area (Å²) in [7, 11) is 1.48. The van der Waals surface area contributed by atoms with Crippen molar-refractivity contribution in [3.63, 3.8) is 0 Å². The number of nitrogens with zero attached hydrogens (tertiary/aromatic N) is 1. The highest BCUT2D eigenvalue weighted by Crippen LogP contribution is 2.51. The molecule has 3 aliphatic carbocycles. The van der Waals surface area contributed by atoms with Gasteiger partial charge in [0.1, 0.15) is 18.5 Å². The molecule has 1 aliphatic heterocycles. The van der Waals surface area contributed by atoms with Crippen LogP contribution in [0.4, 0.5) is 0 Å². The second-order valence-corrected chi connectivity index (χ2v) is 12.1. The van der Waals surface area contributed by atoms with Crippen molar-refractivity contribution in [1.29, 1.82) is 0 Å². The van der Waals surface area contributed by atoms with Gasteiger partial charge in [-0.25, -0.2) is 0 Å². The number of carbonyl (C=O) groups excluding carboxylic acids is 3. The fourth-order valence-corrected chi connectivity index (χ4v) is 7.37. The van der Waals surface area contributed by atoms with Crippen molar-refractivity contribution < 1.29 is 34.1 Å². The van der Waals surface area contributed by atoms with Crippen molar-refractivity contribution in [1.82, 2.24) is 10.2 Å². The number of rotatable bonds is 11. The topological polar surface area (TPSA) is 125 Å². The van der Waals surface area contributed by atoms with Gasteiger partial charge in [-0.2, -0.15) is 0 Å². The highest BCUT2D eigenvalue weighted by atomic mass is 16.5. The van der Waals surface area contributed by atoms with Gasteiger partial charge in [-0.15, -0.1) is 0 Å². The number of methoxy groups -OCH3 is 1. The van der Waals surface area contributed by atoms with Gasteiger partial charge in [0.25, 0.3) is 0 Å². The van der Waals surface area contributed by atoms with E-state index < -0.39 is 30.1 Å². The number of hydrogen-bond acceptors (Lipinski definition) is 7. The van der Waals surface area contributed by atoms with Crippen LogP contribution in [0.1, 0.15) is 92.5 Å². The molecule has 4 aliphatic rings. The zero-order chi connectivity index (χ0) is 28.9. The fraction of sp³-hybridized carbons (Fsp3) is 0.656. The Bertz CT molecular complexity index is 1140. The van der Waals surface area contributed by atoms with Gasteiger partial charge in [0.2, 0.25) is 11.8 Å². The second-order valence-electron chi connectivity index (χ2n) is 12.1. The Morgan fingerprint density at radius 1 is 1.10 bits per heavy atom. The van der Waals surface area contributed by atoms with Gasteiger partial charge in [0.05, 0.1) is 25.7 Å². The molecule has 9 nitrogen and oxygen atoms in total. The monoisotopic (exact) mass is 568 g/mol. The number of fused-ring (bicyclic) bond motifs is 3. The summed E-state index contributed by atoms with van der Waals surface area (Å²) in [6.07, 6.45) is 12.1. The highest BCUT2D eigenvalue weighted by molar-refractivity contribution is 5.96. The van der Waals surface area contributed by atoms with Crippen molar-refractivity contribution in [2.24, 2.45) is 11.8 Å². The lowest BCUT2D eigenvalue weighted by molar-refractivity contribution is -0.138. The summed E-state index contributed by atoms with van der Waals surface area (Å²) < 4.78 is 11.8. The van der Waals surface area contributed by atoms with Crippen LogP contribution >= 0.6 is 0 Å². The van der Waals surface area contributed by atoms with Crippen molar-refractivity contribution in [2.75, 3.05) is 26.8 Å². The molecule has 4 unspecified atom stereocenters. The van der Waals surface area contributed by atoms with Crippen molar-refractivity contribution in [3.8, 4) is 11.5 Å². The van der Waals surface area contributed by atoms with Gasteiger partial charge in [-0.05, 0) is 49.3 Å². The molecular formula is C32H44N2O7. The minimum absolute atomic E-state index is 0.00710. The predicted octanol–water partition coefficient (Wildman–Crippen LogP) is 3.51. The third-order valence-corrected chi connectivity index (χ3v) is 9.51. The Hall–Kier alpha value is -2.91. The van der Waals surface area contributed by atoms with Crippen LogP contribution in [0, 0.1) is 11.8 Å². The van der Waals surface area contributed by atoms with Crippen LogP contribution in [-0.4, -0.2) is 78.3 Å². The van der Waals surface area contributed by atoms with Crippen LogP contribution < -0.4 is 14.8 Å². The molecule has 2 saturated carbocycles. The zero-order valence-corrected chi connectivity index (χ0v) is 24.1. The van der Waals surface area contributed by atoms with Crippen molar-refractivity contribution >= 4 is 18.1 Å². The van der Waals surface area contributed by atoms with E-state index in [0.717, 1.165) is 44.9 Å². The first-order valence-electron chi connectivity index (χ1n) is 15.4. The minimum atomic E-state index is -1.09. The normalized spacial score (nSPS) is 26.0. The van der Waals surface area contributed by atoms with E-state index in [9.17, 15) is 24.6 Å². The van der Waals surface area contributed by atoms with Gasteiger partial charge in [-0.3, -0.25) is 14.4 Å². The summed E-state index contributed by atoms with van der Waals surface area (Å²) >= 11 is 0. The Labute approximate surface area is 242 Å². The minimum Gasteiger partial charge on any atom is -0.493 e. The molecule has 0 saturated heterocycles. The van der Waals surface area contributed by atoms with Gasteiger partial charge in [-0.1, -0.05) is 44.9 Å². The first-order chi connectivity index (χ1) is 19.9. The van der Waals surface area contributed by atoms with Crippen molar-refractivity contribution in [3.05, 3.63) is 34.9 Å². The molecule has 4 atom stereocenters. The summed E-state index contributed by atoms with van der Waals surface area (Å²) in [5, 5.41) is 24.0. The maximum Gasteiger partial charge on any atom is 0.247 e. The second kappa shape index (κ2) is 13.4. The number of aldehydes is 1. The molecule has 9 heteroatoms. The number of aliphatic hydroxyl groups excluding tert-OH is 2. The van der Waals surface area contributed by atoms with Crippen molar-refractivity contribution in [2.45, 2.75) is 94.8 Å². The molecule has 1 heterocycles. The van der Waals surface area contributed by atoms with E-state index in [2.05, 4.69) is 5.32 Å². The average Bonchev–Trinajstić information content (AvgIpc) is 3.66. The van der Waals surface area contributed by atoms with Gasteiger partial charge < -0.3 is 29.9 Å². The largest absolute Gasteiger partial charge is 0.493 e. The first kappa shape index (κ1) is 29.6. The molecule has 0 bridgehead atoms. The van der Waals surface area contributed by atoms with E-state index in [1.165, 1.54) is 26.4 Å². The molecule has 1 aromatic rings. The van der Waals surface area contributed by atoms with Crippen LogP contribution in [0.2, 0.25) is 0 Å². The molecule has 0 spiro atoms. The summed E-state index contributed by atoms with van der Waals surface area (Å²) in [5.41, 5.74) is 1.32. The first-order valence-corrected chi connectivity index (χ1v) is 15.4. The molecule has 0 aromatic heterocycles. The van der Waals surface area contributed by atoms with E-state index in [0.29, 0.717) is 59.3 Å². The predicted molar refractivity (Wildman–Crippen MR) is 153 cm³/mol. The SMILES string of the molecule is COc1cc(C=O)cc2c1OC1C2C(C(=O)NCCO)=CC(N(CC2CCCCC2)C(=O)CCC2CCCC2)C1O. The van der Waals surface area contributed by atoms with Crippen LogP contribution in [0.25, 0.3) is 0 Å². The van der Waals surface area contributed by atoms with E-state index in [4.69, 9.17) is 9.47 Å². The Kier molecular flexibility index (Phi) is 9.65. The molecule has 0 radical (unpaired) electrons. The van der Waals surface area contributed by atoms with Gasteiger partial charge in [0, 0.05) is 36.2 Å². The maximum atomic E-state index is 13.9. The Balaban J connectivity index is 1.51. The number of carbonyl (C=O) groups is 3. The molecule has 2 amide bonds. The molecule has 41 heavy (non-hydrogen) atoms. The number of ether oxygens (including phenoxy) is 2. The zero-order valence-electron chi connectivity index (χ0n) is 24.1. The standard InChI is InChI=1S/C32H44N2O7/c1-40-26-16-22(19-36)15-23-28-24(32(39)33-13-14-35)17-25(29(38)31(28)41-30(23)26)34(18-21-9-3-2-4-10-21)27(37)12-11-20-7-5-6-8-20/h15-17,19-21,25,28-29,31,35,38H,2-14,18H2,1H3,(H,33,39). The molecule has 5 rings (SSSR count). The number of nitrogens with one attached hydrogen (secondary N) is 1. The lowest BCUT2D eigenvalue weighted by Gasteiger charge is -2.42. The molecule has 2 fully saturated rings. The quantitative estimate of drug-likeness (QED) is 0.349. The average molecular weight is 569 g/mol. The molecule has 1 aromatic carbocycles. The number of hydrogen-bond donors (Lipinski definition) is 3. The molecule has 224 valence electrons. The van der Waals surface area contributed by atoms with Crippen LogP contribution in [0.5, 0.6) is 11.5 Å². The van der Waals surface area contributed by atoms with Crippen LogP contribution in [0.3, 0.4) is 0 Å². The fourth-order valence-electron chi connectivity index (χ4n) is 7.37. The number of amides is 2. The summed E-state index contributed by atoms with van der Waals surface area (Å²) in [4.78, 5) is 41.0. The Morgan fingerprint density at radius 2 is 1.80 bits per heavy atom. The lowest BCUT2D eigenvalue weighted by Crippen LogP contribution is -2.56. The third kappa shape index (κ3) is 6.31. The summed E-state index contributed by atoms with van der Waals surface area (Å²) in [6.45, 7) is 0.386. The smallest absolute Gasteiger partial charge is 0.247 e. The van der Waals surface area contributed by atoms with E-state index in [1.807, 2.05) is 4.90 Å². The number of benzene rings is 1. The van der Waals surface area contributed by atoms with E-state index >= 15 is 0 Å². The van der Waals surface area contributed by atoms with Gasteiger partial charge in [0.15, 0.2) is 11.5 Å². The van der Waals surface area contributed by atoms with E-state index in [1.54, 1.807) is 18.2 Å². The molecular weight excluding hydrogens is 524 g/mol. The van der Waals surface area contributed by atoms with Crippen LogP contribution in [0.15, 0.2) is 23.8 Å². The number of aliphatic hydroxyl groups is 2. The van der Waals surface area contributed by atoms with Gasteiger partial charge >= 0.3 is 0 Å². The summed E-state index contributed by atoms with van der Waals surface area (Å²) in [5.74, 6) is 0.611. The highest BCUT2D eigenvalue weighted by Gasteiger charge is 2.51. The third-order valence-electron chi connectivity index (χ3n) is 9.51.